The van der Waals surface area contributed by atoms with E-state index in [2.05, 4.69) is 20.6 Å². The molecule has 8 nitrogen and oxygen atoms in total. The fraction of sp³-hybridized carbons (Fsp3) is 0.118. The van der Waals surface area contributed by atoms with E-state index in [1.807, 2.05) is 12.1 Å². The number of nitrogens with one attached hydrogen (secondary N) is 2. The van der Waals surface area contributed by atoms with E-state index in [-0.39, 0.29) is 10.8 Å². The molecule has 4 rings (SSSR count). The smallest absolute Gasteiger partial charge is 0.269 e. The van der Waals surface area contributed by atoms with Gasteiger partial charge < -0.3 is 5.32 Å². The largest absolute Gasteiger partial charge is 0.354 e. The fourth-order valence-electron chi connectivity index (χ4n) is 2.97. The molecule has 2 N–H and O–H groups in total. The minimum atomic E-state index is -3.29. The molecule has 2 aromatic heterocycles. The van der Waals surface area contributed by atoms with Gasteiger partial charge in [0.15, 0.2) is 9.84 Å². The summed E-state index contributed by atoms with van der Waals surface area (Å²) in [6, 6.07) is 10.1. The van der Waals surface area contributed by atoms with Crippen LogP contribution in [0.25, 0.3) is 27.5 Å². The Bertz CT molecular complexity index is 1250. The minimum Gasteiger partial charge on any atom is -0.354 e. The van der Waals surface area contributed by atoms with Crippen molar-refractivity contribution in [1.82, 2.24) is 25.3 Å². The summed E-state index contributed by atoms with van der Waals surface area (Å²) in [6.07, 6.45) is 2.80. The molecule has 9 heteroatoms. The summed E-state index contributed by atoms with van der Waals surface area (Å²) in [4.78, 5) is 12.5. The van der Waals surface area contributed by atoms with Crippen molar-refractivity contribution in [2.45, 2.75) is 4.90 Å². The summed E-state index contributed by atoms with van der Waals surface area (Å²) < 4.78 is 25.1. The highest BCUT2D eigenvalue weighted by atomic mass is 32.2. The summed E-state index contributed by atoms with van der Waals surface area (Å²) in [7, 11) is -1.73. The number of hydrogen-bond acceptors (Lipinski definition) is 5. The highest BCUT2D eigenvalue weighted by Crippen LogP contribution is 2.29. The van der Waals surface area contributed by atoms with Gasteiger partial charge >= 0.3 is 0 Å². The molecule has 0 saturated heterocycles. The lowest BCUT2D eigenvalue weighted by molar-refractivity contribution is 0.0959. The van der Waals surface area contributed by atoms with Gasteiger partial charge in [-0.3, -0.25) is 14.6 Å². The average molecular weight is 369 g/mol. The van der Waals surface area contributed by atoms with Crippen LogP contribution in [0, 0.1) is 0 Å². The molecule has 0 aliphatic rings. The molecule has 0 aliphatic carbocycles. The first-order valence-corrected chi connectivity index (χ1v) is 9.66. The first-order chi connectivity index (χ1) is 12.4. The molecule has 0 fully saturated rings. The van der Waals surface area contributed by atoms with Crippen molar-refractivity contribution in [1.29, 1.82) is 0 Å². The van der Waals surface area contributed by atoms with Gasteiger partial charge in [-0.1, -0.05) is 0 Å². The third kappa shape index (κ3) is 2.44. The van der Waals surface area contributed by atoms with E-state index < -0.39 is 9.84 Å². The van der Waals surface area contributed by atoms with Crippen LogP contribution in [0.2, 0.25) is 0 Å². The molecule has 0 bridgehead atoms. The van der Waals surface area contributed by atoms with Crippen molar-refractivity contribution >= 4 is 37.6 Å². The molecular formula is C17H15N5O3S. The zero-order valence-electron chi connectivity index (χ0n) is 14.0. The maximum atomic E-state index is 12.3. The predicted molar refractivity (Wildman–Crippen MR) is 97.2 cm³/mol. The minimum absolute atomic E-state index is 0.228. The van der Waals surface area contributed by atoms with Gasteiger partial charge in [-0.15, -0.1) is 0 Å². The van der Waals surface area contributed by atoms with Crippen molar-refractivity contribution in [2.75, 3.05) is 13.3 Å². The zero-order chi connectivity index (χ0) is 18.5. The molecule has 0 unspecified atom stereocenters. The van der Waals surface area contributed by atoms with Crippen LogP contribution in [0.4, 0.5) is 0 Å². The van der Waals surface area contributed by atoms with Crippen LogP contribution in [-0.4, -0.2) is 47.6 Å². The lowest BCUT2D eigenvalue weighted by Crippen LogP contribution is -2.18. The quantitative estimate of drug-likeness (QED) is 0.571. The molecule has 0 atom stereocenters. The second-order valence-corrected chi connectivity index (χ2v) is 7.92. The summed E-state index contributed by atoms with van der Waals surface area (Å²) in [6.45, 7) is 0. The highest BCUT2D eigenvalue weighted by Gasteiger charge is 2.19. The van der Waals surface area contributed by atoms with Gasteiger partial charge in [-0.2, -0.15) is 10.2 Å². The highest BCUT2D eigenvalue weighted by molar-refractivity contribution is 7.90. The topological polar surface area (TPSA) is 110 Å². The standard InChI is InChI=1S/C17H15N5O3S/c1-18-17(23)15-12-7-8-14-13(9-19-20-14)16(12)22(21-15)10-3-5-11(6-4-10)26(2,24)25/h3-9,21H,1-2H3,(H,18,23). The van der Waals surface area contributed by atoms with Gasteiger partial charge in [-0.25, -0.2) is 8.42 Å². The lowest BCUT2D eigenvalue weighted by Gasteiger charge is -2.07. The number of H-pyrrole nitrogens is 1. The number of nitrogens with zero attached hydrogens (tertiary/aromatic N) is 3. The van der Waals surface area contributed by atoms with Gasteiger partial charge in [0, 0.05) is 24.1 Å². The van der Waals surface area contributed by atoms with Crippen molar-refractivity contribution < 1.29 is 13.2 Å². The van der Waals surface area contributed by atoms with Gasteiger partial charge in [0.25, 0.3) is 5.91 Å². The van der Waals surface area contributed by atoms with Crippen LogP contribution >= 0.6 is 0 Å². The van der Waals surface area contributed by atoms with E-state index in [0.29, 0.717) is 16.9 Å². The third-order valence-corrected chi connectivity index (χ3v) is 5.37. The Morgan fingerprint density at radius 2 is 1.85 bits per heavy atom. The Morgan fingerprint density at radius 1 is 1.12 bits per heavy atom. The predicted octanol–water partition coefficient (Wildman–Crippen LogP) is 1.66. The number of amides is 1. The van der Waals surface area contributed by atoms with Crippen LogP contribution in [0.1, 0.15) is 10.5 Å². The molecule has 2 aromatic carbocycles. The molecule has 26 heavy (non-hydrogen) atoms. The SMILES string of the molecule is CNC(=O)c1[nH]n(-c2ccc(S(C)(=O)=O)cc2)c2c1ccc1nncc12. The molecule has 0 radical (unpaired) electrons. The Kier molecular flexibility index (Phi) is 3.55. The van der Waals surface area contributed by atoms with E-state index in [1.54, 1.807) is 30.1 Å². The Balaban J connectivity index is 2.02. The number of sulfone groups is 1. The Hall–Kier alpha value is -3.20. The summed E-state index contributed by atoms with van der Waals surface area (Å²) in [5.41, 5.74) is 2.55. The fourth-order valence-corrected chi connectivity index (χ4v) is 3.60. The van der Waals surface area contributed by atoms with Gasteiger partial charge in [0.05, 0.1) is 27.8 Å². The normalized spacial score (nSPS) is 11.9. The number of aromatic nitrogens is 4. The summed E-state index contributed by atoms with van der Waals surface area (Å²) >= 11 is 0. The Morgan fingerprint density at radius 3 is 2.50 bits per heavy atom. The summed E-state index contributed by atoms with van der Waals surface area (Å²) in [5, 5.41) is 15.2. The Labute approximate surface area is 148 Å². The molecule has 2 heterocycles. The van der Waals surface area contributed by atoms with E-state index in [0.717, 1.165) is 22.5 Å². The molecule has 1 amide bonds. The maximum Gasteiger partial charge on any atom is 0.269 e. The van der Waals surface area contributed by atoms with Gasteiger partial charge in [0.2, 0.25) is 0 Å². The molecule has 4 aromatic rings. The molecule has 132 valence electrons. The van der Waals surface area contributed by atoms with E-state index in [9.17, 15) is 13.2 Å². The lowest BCUT2D eigenvalue weighted by atomic mass is 10.1. The second kappa shape index (κ2) is 5.67. The first-order valence-electron chi connectivity index (χ1n) is 7.77. The monoisotopic (exact) mass is 369 g/mol. The van der Waals surface area contributed by atoms with Gasteiger partial charge in [0.1, 0.15) is 5.69 Å². The van der Waals surface area contributed by atoms with E-state index in [4.69, 9.17) is 0 Å². The number of aromatic amines is 1. The average Bonchev–Trinajstić information content (AvgIpc) is 3.24. The zero-order valence-corrected chi connectivity index (χ0v) is 14.8. The number of hydrogen-bond donors (Lipinski definition) is 2. The van der Waals surface area contributed by atoms with Crippen LogP contribution in [0.3, 0.4) is 0 Å². The van der Waals surface area contributed by atoms with Gasteiger partial charge in [-0.05, 0) is 36.4 Å². The molecular weight excluding hydrogens is 354 g/mol. The van der Waals surface area contributed by atoms with Crippen molar-refractivity contribution in [3.05, 3.63) is 48.3 Å². The number of benzene rings is 2. The third-order valence-electron chi connectivity index (χ3n) is 4.24. The van der Waals surface area contributed by atoms with E-state index >= 15 is 0 Å². The molecule has 0 saturated carbocycles. The number of rotatable bonds is 3. The first kappa shape index (κ1) is 16.3. The van der Waals surface area contributed by atoms with Crippen molar-refractivity contribution in [3.63, 3.8) is 0 Å². The van der Waals surface area contributed by atoms with Crippen LogP contribution < -0.4 is 5.32 Å². The number of carbonyl (C=O) groups excluding carboxylic acids is 1. The number of fused-ring (bicyclic) bond motifs is 3. The van der Waals surface area contributed by atoms with Crippen LogP contribution in [0.5, 0.6) is 0 Å². The van der Waals surface area contributed by atoms with Crippen molar-refractivity contribution in [2.24, 2.45) is 0 Å². The molecule has 0 aliphatic heterocycles. The van der Waals surface area contributed by atoms with Crippen LogP contribution in [0.15, 0.2) is 47.5 Å². The van der Waals surface area contributed by atoms with Crippen LogP contribution in [-0.2, 0) is 9.84 Å². The number of carbonyl (C=O) groups is 1. The summed E-state index contributed by atoms with van der Waals surface area (Å²) in [5.74, 6) is -0.256. The molecule has 0 spiro atoms. The second-order valence-electron chi connectivity index (χ2n) is 5.91. The van der Waals surface area contributed by atoms with E-state index in [1.165, 1.54) is 12.1 Å². The van der Waals surface area contributed by atoms with Crippen molar-refractivity contribution in [3.8, 4) is 5.69 Å². The maximum absolute atomic E-state index is 12.3.